The quantitative estimate of drug-likeness (QED) is 0.569. The van der Waals surface area contributed by atoms with E-state index in [9.17, 15) is 18.7 Å². The third kappa shape index (κ3) is 2.10. The molecule has 0 saturated carbocycles. The number of hydrogen-bond donors (Lipinski definition) is 2. The first-order valence-electron chi connectivity index (χ1n) is 5.00. The van der Waals surface area contributed by atoms with Gasteiger partial charge in [0.15, 0.2) is 0 Å². The summed E-state index contributed by atoms with van der Waals surface area (Å²) >= 11 is 1.82. The van der Waals surface area contributed by atoms with E-state index < -0.39 is 30.0 Å². The molecule has 2 heterocycles. The molecule has 0 radical (unpaired) electrons. The van der Waals surface area contributed by atoms with Gasteiger partial charge in [0.05, 0.1) is 0 Å². The molecule has 1 saturated heterocycles. The first kappa shape index (κ1) is 13.6. The Balaban J connectivity index is 2.42. The van der Waals surface area contributed by atoms with Gasteiger partial charge in [-0.3, -0.25) is 4.57 Å². The minimum Gasteiger partial charge on any atom is -0.384 e. The summed E-state index contributed by atoms with van der Waals surface area (Å²) in [7, 11) is 0. The molecule has 9 heteroatoms. The Morgan fingerprint density at radius 3 is 2.83 bits per heavy atom. The van der Waals surface area contributed by atoms with Gasteiger partial charge < -0.3 is 15.6 Å². The number of ether oxygens (including phenoxy) is 1. The van der Waals surface area contributed by atoms with Crippen molar-refractivity contribution in [2.45, 2.75) is 24.4 Å². The van der Waals surface area contributed by atoms with Gasteiger partial charge in [-0.05, 0) is 6.07 Å². The number of aromatic nitrogens is 2. The van der Waals surface area contributed by atoms with Crippen LogP contribution in [0.5, 0.6) is 0 Å². The molecular weight excluding hydrogens is 363 g/mol. The molecular formula is C9H10F2IN3O3. The zero-order valence-corrected chi connectivity index (χ0v) is 11.1. The highest BCUT2D eigenvalue weighted by atomic mass is 127. The van der Waals surface area contributed by atoms with Gasteiger partial charge in [-0.2, -0.15) is 13.8 Å². The molecule has 0 bridgehead atoms. The van der Waals surface area contributed by atoms with Gasteiger partial charge in [0.1, 0.15) is 18.0 Å². The van der Waals surface area contributed by atoms with Crippen molar-refractivity contribution in [3.8, 4) is 0 Å². The van der Waals surface area contributed by atoms with Crippen molar-refractivity contribution in [3.63, 3.8) is 0 Å². The summed E-state index contributed by atoms with van der Waals surface area (Å²) in [5.41, 5.74) is 4.33. The first-order chi connectivity index (χ1) is 8.37. The molecule has 0 aliphatic carbocycles. The van der Waals surface area contributed by atoms with Crippen LogP contribution in [0, 0.1) is 0 Å². The zero-order chi connectivity index (χ0) is 13.5. The molecule has 18 heavy (non-hydrogen) atoms. The normalized spacial score (nSPS) is 30.6. The van der Waals surface area contributed by atoms with Crippen LogP contribution < -0.4 is 11.4 Å². The van der Waals surface area contributed by atoms with Crippen LogP contribution >= 0.6 is 22.6 Å². The molecule has 1 fully saturated rings. The number of anilines is 1. The molecule has 2 rings (SSSR count). The fraction of sp³-hybridized carbons (Fsp3) is 0.556. The summed E-state index contributed by atoms with van der Waals surface area (Å²) < 4.78 is 33.5. The molecule has 1 aromatic rings. The Morgan fingerprint density at radius 1 is 1.67 bits per heavy atom. The molecule has 6 nitrogen and oxygen atoms in total. The van der Waals surface area contributed by atoms with Crippen LogP contribution in [0.4, 0.5) is 14.6 Å². The predicted octanol–water partition coefficient (Wildman–Crippen LogP) is 0.154. The van der Waals surface area contributed by atoms with E-state index in [1.165, 1.54) is 6.07 Å². The summed E-state index contributed by atoms with van der Waals surface area (Å²) in [5.74, 6) is -3.62. The minimum absolute atomic E-state index is 0.0662. The van der Waals surface area contributed by atoms with Crippen LogP contribution in [0.25, 0.3) is 0 Å². The maximum Gasteiger partial charge on any atom is 0.351 e. The minimum atomic E-state index is -3.56. The van der Waals surface area contributed by atoms with Crippen LogP contribution in [-0.4, -0.2) is 37.2 Å². The Morgan fingerprint density at radius 2 is 2.33 bits per heavy atom. The van der Waals surface area contributed by atoms with Gasteiger partial charge in [0.2, 0.25) is 6.23 Å². The molecule has 3 N–H and O–H groups in total. The summed E-state index contributed by atoms with van der Waals surface area (Å²) in [6, 6.07) is 1.21. The molecule has 0 spiro atoms. The second kappa shape index (κ2) is 4.70. The van der Waals surface area contributed by atoms with Crippen molar-refractivity contribution < 1.29 is 18.6 Å². The number of nitrogens with two attached hydrogens (primary N) is 1. The maximum absolute atomic E-state index is 13.8. The molecule has 0 aromatic carbocycles. The van der Waals surface area contributed by atoms with Crippen molar-refractivity contribution in [1.29, 1.82) is 0 Å². The maximum atomic E-state index is 13.8. The van der Waals surface area contributed by atoms with Crippen molar-refractivity contribution >= 4 is 28.4 Å². The highest BCUT2D eigenvalue weighted by molar-refractivity contribution is 14.1. The van der Waals surface area contributed by atoms with Gasteiger partial charge in [0, 0.05) is 10.6 Å². The zero-order valence-electron chi connectivity index (χ0n) is 8.96. The molecule has 1 aromatic heterocycles. The van der Waals surface area contributed by atoms with E-state index >= 15 is 0 Å². The molecule has 1 aliphatic heterocycles. The Kier molecular flexibility index (Phi) is 3.56. The molecule has 1 aliphatic rings. The largest absolute Gasteiger partial charge is 0.384 e. The fourth-order valence-corrected chi connectivity index (χ4v) is 2.39. The number of aliphatic hydroxyl groups excluding tert-OH is 1. The first-order valence-corrected chi connectivity index (χ1v) is 6.52. The highest BCUT2D eigenvalue weighted by Crippen LogP contribution is 2.42. The van der Waals surface area contributed by atoms with Crippen molar-refractivity contribution in [2.75, 3.05) is 10.2 Å². The summed E-state index contributed by atoms with van der Waals surface area (Å²) in [4.78, 5) is 14.8. The van der Waals surface area contributed by atoms with E-state index in [0.717, 1.165) is 6.20 Å². The lowest BCUT2D eigenvalue weighted by atomic mass is 10.1. The van der Waals surface area contributed by atoms with E-state index in [1.54, 1.807) is 0 Å². The Hall–Kier alpha value is -0.810. The summed E-state index contributed by atoms with van der Waals surface area (Å²) in [6.45, 7) is 0. The number of aliphatic hydroxyl groups is 1. The van der Waals surface area contributed by atoms with E-state index in [1.807, 2.05) is 22.6 Å². The lowest BCUT2D eigenvalue weighted by Gasteiger charge is -2.20. The predicted molar refractivity (Wildman–Crippen MR) is 66.7 cm³/mol. The van der Waals surface area contributed by atoms with E-state index in [0.29, 0.717) is 4.57 Å². The van der Waals surface area contributed by atoms with Gasteiger partial charge in [-0.15, -0.1) is 0 Å². The van der Waals surface area contributed by atoms with Crippen LogP contribution in [0.15, 0.2) is 17.1 Å². The fourth-order valence-electron chi connectivity index (χ4n) is 1.70. The summed E-state index contributed by atoms with van der Waals surface area (Å²) in [5, 5.41) is 9.45. The number of rotatable bonds is 2. The van der Waals surface area contributed by atoms with Crippen molar-refractivity contribution in [3.05, 3.63) is 22.7 Å². The Bertz CT molecular complexity index is 510. The highest BCUT2D eigenvalue weighted by Gasteiger charge is 2.59. The van der Waals surface area contributed by atoms with E-state index in [4.69, 9.17) is 10.5 Å². The average molecular weight is 373 g/mol. The molecule has 0 unspecified atom stereocenters. The standard InChI is InChI=1S/C9H10F2IN3O3/c10-9(11)6(16)4(3-12)18-7(9)15-2-1-5(13)14-8(15)17/h1-2,4,6-7,16H,3H2,(H2,13,14,17)/t4-,6-,7-/m1/s1. The molecule has 100 valence electrons. The van der Waals surface area contributed by atoms with Gasteiger partial charge in [0.25, 0.3) is 0 Å². The van der Waals surface area contributed by atoms with Crippen LogP contribution in [0.1, 0.15) is 6.23 Å². The smallest absolute Gasteiger partial charge is 0.351 e. The number of nitrogens with zero attached hydrogens (tertiary/aromatic N) is 2. The van der Waals surface area contributed by atoms with Gasteiger partial charge in [-0.25, -0.2) is 4.79 Å². The summed E-state index contributed by atoms with van der Waals surface area (Å²) in [6.07, 6.45) is -3.78. The SMILES string of the molecule is Nc1ccn([C@@H]2O[C@H](CI)[C@@H](O)C2(F)F)c(=O)n1. The number of nitrogen functional groups attached to an aromatic ring is 1. The number of alkyl halides is 3. The molecule has 0 amide bonds. The topological polar surface area (TPSA) is 90.4 Å². The van der Waals surface area contributed by atoms with Crippen molar-refractivity contribution in [2.24, 2.45) is 0 Å². The average Bonchev–Trinajstić information content (AvgIpc) is 2.52. The van der Waals surface area contributed by atoms with Gasteiger partial charge in [-0.1, -0.05) is 22.6 Å². The Labute approximate surface area is 114 Å². The lowest BCUT2D eigenvalue weighted by Crippen LogP contribution is -2.41. The number of hydrogen-bond acceptors (Lipinski definition) is 5. The van der Waals surface area contributed by atoms with Crippen molar-refractivity contribution in [1.82, 2.24) is 9.55 Å². The van der Waals surface area contributed by atoms with Crippen LogP contribution in [0.3, 0.4) is 0 Å². The second-order valence-electron chi connectivity index (χ2n) is 3.84. The monoisotopic (exact) mass is 373 g/mol. The van der Waals surface area contributed by atoms with E-state index in [2.05, 4.69) is 4.98 Å². The van der Waals surface area contributed by atoms with E-state index in [-0.39, 0.29) is 10.2 Å². The van der Waals surface area contributed by atoms with Crippen LogP contribution in [0.2, 0.25) is 0 Å². The van der Waals surface area contributed by atoms with Crippen LogP contribution in [-0.2, 0) is 4.74 Å². The third-order valence-electron chi connectivity index (χ3n) is 2.64. The lowest BCUT2D eigenvalue weighted by molar-refractivity contribution is -0.140. The molecule has 3 atom stereocenters. The number of halogens is 3. The second-order valence-corrected chi connectivity index (χ2v) is 4.72. The van der Waals surface area contributed by atoms with Gasteiger partial charge >= 0.3 is 11.6 Å². The third-order valence-corrected chi connectivity index (χ3v) is 3.50.